The molecule has 0 atom stereocenters. The molecule has 8 nitrogen and oxygen atoms in total. The van der Waals surface area contributed by atoms with Crippen molar-refractivity contribution >= 4 is 29.4 Å². The number of hydrogen-bond donors (Lipinski definition) is 2. The van der Waals surface area contributed by atoms with Crippen molar-refractivity contribution in [2.45, 2.75) is 37.9 Å². The first kappa shape index (κ1) is 23.0. The number of aromatic carboxylic acids is 1. The summed E-state index contributed by atoms with van der Waals surface area (Å²) >= 11 is 5.83. The van der Waals surface area contributed by atoms with Gasteiger partial charge in [0.2, 0.25) is 5.91 Å². The zero-order valence-electron chi connectivity index (χ0n) is 18.6. The molecule has 3 aromatic rings. The van der Waals surface area contributed by atoms with Crippen LogP contribution in [-0.4, -0.2) is 44.1 Å². The lowest BCUT2D eigenvalue weighted by Crippen LogP contribution is -2.41. The first-order chi connectivity index (χ1) is 16.8. The van der Waals surface area contributed by atoms with E-state index in [0.717, 1.165) is 5.56 Å². The topological polar surface area (TPSA) is 105 Å². The number of carboxylic acids is 1. The minimum Gasteiger partial charge on any atom is -0.478 e. The van der Waals surface area contributed by atoms with E-state index in [1.165, 1.54) is 30.5 Å². The molecule has 1 fully saturated rings. The first-order valence-electron chi connectivity index (χ1n) is 11.2. The zero-order valence-corrected chi connectivity index (χ0v) is 19.4. The van der Waals surface area contributed by atoms with Crippen LogP contribution in [0.2, 0.25) is 5.02 Å². The Morgan fingerprint density at radius 1 is 1.14 bits per heavy atom. The molecule has 2 heterocycles. The summed E-state index contributed by atoms with van der Waals surface area (Å²) < 4.78 is 15.1. The van der Waals surface area contributed by atoms with Gasteiger partial charge < -0.3 is 15.3 Å². The van der Waals surface area contributed by atoms with Crippen molar-refractivity contribution < 1.29 is 23.9 Å². The predicted octanol–water partition coefficient (Wildman–Crippen LogP) is 3.38. The van der Waals surface area contributed by atoms with Crippen LogP contribution in [-0.2, 0) is 29.8 Å². The molecular formula is C25H22ClFN4O4. The Balaban J connectivity index is 1.30. The molecular weight excluding hydrogens is 475 g/mol. The standard InChI is InChI=1S/C25H22ClFN4O4/c26-19-10-15(4-5-20(19)27)11-22(32)30-8-9-31-21(14-30)18(13-28-31)23(33)29-25(6-7-25)17-3-1-2-16(12-17)24(34)35/h1-5,10,12-13H,6-9,11,14H2,(H,29,33)(H,34,35). The van der Waals surface area contributed by atoms with Crippen LogP contribution in [0.25, 0.3) is 0 Å². The molecule has 0 saturated heterocycles. The normalized spacial score (nSPS) is 15.9. The van der Waals surface area contributed by atoms with Crippen LogP contribution < -0.4 is 5.32 Å². The lowest BCUT2D eigenvalue weighted by molar-refractivity contribution is -0.132. The number of nitrogens with zero attached hydrogens (tertiary/aromatic N) is 3. The molecule has 2 amide bonds. The Hall–Kier alpha value is -3.72. The summed E-state index contributed by atoms with van der Waals surface area (Å²) in [5.41, 5.74) is 1.94. The molecule has 2 N–H and O–H groups in total. The average Bonchev–Trinajstić information content (AvgIpc) is 3.50. The molecule has 0 unspecified atom stereocenters. The van der Waals surface area contributed by atoms with Crippen molar-refractivity contribution in [1.82, 2.24) is 20.0 Å². The summed E-state index contributed by atoms with van der Waals surface area (Å²) in [4.78, 5) is 39.1. The SMILES string of the molecule is O=C(O)c1cccc(C2(NC(=O)c3cnn4c3CN(C(=O)Cc3ccc(F)c(Cl)c3)CC4)CC2)c1. The van der Waals surface area contributed by atoms with E-state index in [1.54, 1.807) is 21.7 Å². The molecule has 180 valence electrons. The summed E-state index contributed by atoms with van der Waals surface area (Å²) in [5, 5.41) is 16.6. The monoisotopic (exact) mass is 496 g/mol. The van der Waals surface area contributed by atoms with Crippen molar-refractivity contribution in [2.24, 2.45) is 0 Å². The molecule has 0 bridgehead atoms. The molecule has 5 rings (SSSR count). The number of carbonyl (C=O) groups is 3. The van der Waals surface area contributed by atoms with Gasteiger partial charge in [-0.1, -0.05) is 29.8 Å². The van der Waals surface area contributed by atoms with E-state index < -0.39 is 17.3 Å². The lowest BCUT2D eigenvalue weighted by Gasteiger charge is -2.28. The van der Waals surface area contributed by atoms with Gasteiger partial charge in [0.05, 0.1) is 53.1 Å². The van der Waals surface area contributed by atoms with Crippen LogP contribution in [0.15, 0.2) is 48.7 Å². The Morgan fingerprint density at radius 3 is 2.66 bits per heavy atom. The fourth-order valence-corrected chi connectivity index (χ4v) is 4.63. The fourth-order valence-electron chi connectivity index (χ4n) is 4.43. The van der Waals surface area contributed by atoms with Gasteiger partial charge in [-0.3, -0.25) is 14.3 Å². The molecule has 35 heavy (non-hydrogen) atoms. The minimum atomic E-state index is -1.02. The van der Waals surface area contributed by atoms with Gasteiger partial charge in [-0.25, -0.2) is 9.18 Å². The van der Waals surface area contributed by atoms with Crippen LogP contribution in [0.4, 0.5) is 4.39 Å². The first-order valence-corrected chi connectivity index (χ1v) is 11.6. The van der Waals surface area contributed by atoms with Crippen molar-refractivity contribution in [1.29, 1.82) is 0 Å². The van der Waals surface area contributed by atoms with Gasteiger partial charge in [-0.05, 0) is 48.2 Å². The van der Waals surface area contributed by atoms with Gasteiger partial charge in [0.1, 0.15) is 5.82 Å². The van der Waals surface area contributed by atoms with Crippen LogP contribution in [0.1, 0.15) is 50.4 Å². The summed E-state index contributed by atoms with van der Waals surface area (Å²) in [6, 6.07) is 10.8. The molecule has 1 aliphatic carbocycles. The smallest absolute Gasteiger partial charge is 0.335 e. The third-order valence-electron chi connectivity index (χ3n) is 6.57. The number of amides is 2. The molecule has 2 aromatic carbocycles. The van der Waals surface area contributed by atoms with Crippen molar-refractivity contribution in [2.75, 3.05) is 6.54 Å². The van der Waals surface area contributed by atoms with Crippen LogP contribution in [0.5, 0.6) is 0 Å². The number of aromatic nitrogens is 2. The summed E-state index contributed by atoms with van der Waals surface area (Å²) in [6.07, 6.45) is 2.98. The van der Waals surface area contributed by atoms with Gasteiger partial charge in [0.15, 0.2) is 0 Å². The number of carboxylic acid groups (broad SMARTS) is 1. The molecule has 1 aliphatic heterocycles. The number of hydrogen-bond acceptors (Lipinski definition) is 4. The Kier molecular flexibility index (Phi) is 5.80. The highest BCUT2D eigenvalue weighted by molar-refractivity contribution is 6.30. The van der Waals surface area contributed by atoms with Crippen molar-refractivity contribution in [3.8, 4) is 0 Å². The Morgan fingerprint density at radius 2 is 1.94 bits per heavy atom. The second kappa shape index (κ2) is 8.81. The molecule has 1 saturated carbocycles. The largest absolute Gasteiger partial charge is 0.478 e. The second-order valence-electron chi connectivity index (χ2n) is 8.89. The molecule has 0 radical (unpaired) electrons. The molecule has 1 aromatic heterocycles. The average molecular weight is 497 g/mol. The predicted molar refractivity (Wildman–Crippen MR) is 125 cm³/mol. The van der Waals surface area contributed by atoms with Gasteiger partial charge in [0.25, 0.3) is 5.91 Å². The van der Waals surface area contributed by atoms with Gasteiger partial charge in [-0.2, -0.15) is 5.10 Å². The zero-order chi connectivity index (χ0) is 24.7. The third-order valence-corrected chi connectivity index (χ3v) is 6.86. The lowest BCUT2D eigenvalue weighted by atomic mass is 10.0. The maximum atomic E-state index is 13.4. The molecule has 0 spiro atoms. The van der Waals surface area contributed by atoms with Gasteiger partial charge in [0, 0.05) is 6.54 Å². The quantitative estimate of drug-likeness (QED) is 0.544. The van der Waals surface area contributed by atoms with E-state index >= 15 is 0 Å². The molecule has 10 heteroatoms. The third kappa shape index (κ3) is 4.51. The maximum Gasteiger partial charge on any atom is 0.335 e. The summed E-state index contributed by atoms with van der Waals surface area (Å²) in [5.74, 6) is -2.03. The summed E-state index contributed by atoms with van der Waals surface area (Å²) in [6.45, 7) is 1.11. The fraction of sp³-hybridized carbons (Fsp3) is 0.280. The number of rotatable bonds is 6. The number of halogens is 2. The van der Waals surface area contributed by atoms with Crippen LogP contribution >= 0.6 is 11.6 Å². The Bertz CT molecular complexity index is 1350. The van der Waals surface area contributed by atoms with Gasteiger partial charge in [-0.15, -0.1) is 0 Å². The van der Waals surface area contributed by atoms with E-state index in [1.807, 2.05) is 6.07 Å². The Labute approximate surface area is 205 Å². The van der Waals surface area contributed by atoms with Crippen LogP contribution in [0.3, 0.4) is 0 Å². The number of carbonyl (C=O) groups excluding carboxylic acids is 2. The highest BCUT2D eigenvalue weighted by Crippen LogP contribution is 2.46. The van der Waals surface area contributed by atoms with Crippen molar-refractivity contribution in [3.05, 3.63) is 87.4 Å². The van der Waals surface area contributed by atoms with Crippen LogP contribution in [0, 0.1) is 5.82 Å². The highest BCUT2D eigenvalue weighted by atomic mass is 35.5. The maximum absolute atomic E-state index is 13.4. The van der Waals surface area contributed by atoms with E-state index in [2.05, 4.69) is 10.4 Å². The van der Waals surface area contributed by atoms with E-state index in [-0.39, 0.29) is 35.4 Å². The highest BCUT2D eigenvalue weighted by Gasteiger charge is 2.46. The van der Waals surface area contributed by atoms with E-state index in [9.17, 15) is 23.9 Å². The number of fused-ring (bicyclic) bond motifs is 1. The minimum absolute atomic E-state index is 0.0334. The van der Waals surface area contributed by atoms with Crippen molar-refractivity contribution in [3.63, 3.8) is 0 Å². The van der Waals surface area contributed by atoms with E-state index in [4.69, 9.17) is 11.6 Å². The number of nitrogens with one attached hydrogen (secondary N) is 1. The number of benzene rings is 2. The molecule has 2 aliphatic rings. The second-order valence-corrected chi connectivity index (χ2v) is 9.30. The summed E-state index contributed by atoms with van der Waals surface area (Å²) in [7, 11) is 0. The van der Waals surface area contributed by atoms with E-state index in [0.29, 0.717) is 42.8 Å². The van der Waals surface area contributed by atoms with Gasteiger partial charge >= 0.3 is 5.97 Å².